The third-order valence-corrected chi connectivity index (χ3v) is 4.59. The predicted molar refractivity (Wildman–Crippen MR) is 118 cm³/mol. The fourth-order valence-corrected chi connectivity index (χ4v) is 3.12. The van der Waals surface area contributed by atoms with Gasteiger partial charge in [0.1, 0.15) is 0 Å². The maximum Gasteiger partial charge on any atom is 0.188 e. The third-order valence-electron chi connectivity index (χ3n) is 4.59. The van der Waals surface area contributed by atoms with E-state index in [1.165, 1.54) is 11.3 Å². The van der Waals surface area contributed by atoms with E-state index in [-0.39, 0.29) is 24.0 Å². The Hall–Kier alpha value is -1.32. The van der Waals surface area contributed by atoms with Crippen LogP contribution in [0.3, 0.4) is 0 Å². The highest BCUT2D eigenvalue weighted by atomic mass is 127. The molecule has 3 N–H and O–H groups in total. The normalized spacial score (nSPS) is 18.0. The Labute approximate surface area is 173 Å². The number of nitrogens with one attached hydrogen (secondary N) is 1. The number of benzene rings is 1. The van der Waals surface area contributed by atoms with Crippen molar-refractivity contribution in [3.05, 3.63) is 42.0 Å². The molecule has 0 saturated carbocycles. The fraction of sp³-hybridized carbons (Fsp3) is 0.526. The van der Waals surface area contributed by atoms with Gasteiger partial charge < -0.3 is 20.7 Å². The molecule has 6 nitrogen and oxygen atoms in total. The minimum Gasteiger partial charge on any atom is -0.379 e. The predicted octanol–water partition coefficient (Wildman–Crippen LogP) is 1.81. The molecule has 7 heteroatoms. The summed E-state index contributed by atoms with van der Waals surface area (Å²) in [6.07, 6.45) is 5.46. The molecule has 1 fully saturated rings. The lowest BCUT2D eigenvalue weighted by Gasteiger charge is -2.26. The van der Waals surface area contributed by atoms with Crippen LogP contribution in [0, 0.1) is 0 Å². The van der Waals surface area contributed by atoms with E-state index in [1.807, 2.05) is 0 Å². The van der Waals surface area contributed by atoms with Crippen LogP contribution in [0.25, 0.3) is 0 Å². The van der Waals surface area contributed by atoms with E-state index in [1.54, 1.807) is 0 Å². The Morgan fingerprint density at radius 1 is 1.19 bits per heavy atom. The topological polar surface area (TPSA) is 66.1 Å². The van der Waals surface area contributed by atoms with Crippen molar-refractivity contribution in [2.24, 2.45) is 10.7 Å². The first-order valence-corrected chi connectivity index (χ1v) is 9.14. The van der Waals surface area contributed by atoms with Crippen LogP contribution in [0.4, 0.5) is 5.69 Å². The number of guanidine groups is 1. The summed E-state index contributed by atoms with van der Waals surface area (Å²) in [5, 5.41) is 3.21. The number of rotatable bonds is 7. The number of ether oxygens (including phenoxy) is 1. The smallest absolute Gasteiger partial charge is 0.188 e. The molecule has 0 atom stereocenters. The summed E-state index contributed by atoms with van der Waals surface area (Å²) in [6.45, 7) is 8.28. The van der Waals surface area contributed by atoms with Gasteiger partial charge in [0.05, 0.1) is 19.8 Å². The van der Waals surface area contributed by atoms with E-state index in [2.05, 4.69) is 56.5 Å². The summed E-state index contributed by atoms with van der Waals surface area (Å²) in [4.78, 5) is 9.22. The van der Waals surface area contributed by atoms with Crippen molar-refractivity contribution < 1.29 is 4.74 Å². The molecule has 0 aliphatic carbocycles. The highest BCUT2D eigenvalue weighted by Gasteiger charge is 2.09. The van der Waals surface area contributed by atoms with Gasteiger partial charge in [-0.3, -0.25) is 4.90 Å². The Bertz CT molecular complexity index is 593. The van der Waals surface area contributed by atoms with Gasteiger partial charge in [-0.2, -0.15) is 0 Å². The molecule has 0 amide bonds. The zero-order valence-electron chi connectivity index (χ0n) is 15.3. The van der Waals surface area contributed by atoms with Gasteiger partial charge in [-0.25, -0.2) is 4.99 Å². The van der Waals surface area contributed by atoms with E-state index < -0.39 is 0 Å². The number of nitrogens with zero attached hydrogens (tertiary/aromatic N) is 3. The highest BCUT2D eigenvalue weighted by Crippen LogP contribution is 2.18. The number of hydrogen-bond donors (Lipinski definition) is 2. The lowest BCUT2D eigenvalue weighted by atomic mass is 10.2. The zero-order chi connectivity index (χ0) is 17.3. The maximum atomic E-state index is 5.99. The monoisotopic (exact) mass is 471 g/mol. The first-order chi connectivity index (χ1) is 12.3. The van der Waals surface area contributed by atoms with Crippen LogP contribution in [0.15, 0.2) is 41.4 Å². The molecule has 2 aliphatic heterocycles. The number of nitrogens with two attached hydrogens (primary N) is 1. The first-order valence-electron chi connectivity index (χ1n) is 9.14. The van der Waals surface area contributed by atoms with Crippen molar-refractivity contribution in [3.63, 3.8) is 0 Å². The molecule has 2 aliphatic rings. The van der Waals surface area contributed by atoms with Crippen LogP contribution in [0.2, 0.25) is 0 Å². The summed E-state index contributed by atoms with van der Waals surface area (Å²) in [7, 11) is 0. The molecule has 1 aromatic rings. The van der Waals surface area contributed by atoms with Crippen molar-refractivity contribution in [3.8, 4) is 0 Å². The van der Waals surface area contributed by atoms with Crippen molar-refractivity contribution in [1.29, 1.82) is 0 Å². The molecule has 0 aromatic heterocycles. The Kier molecular flexibility index (Phi) is 9.21. The van der Waals surface area contributed by atoms with Gasteiger partial charge in [0.15, 0.2) is 5.96 Å². The Morgan fingerprint density at radius 2 is 1.96 bits per heavy atom. The van der Waals surface area contributed by atoms with Crippen molar-refractivity contribution in [2.45, 2.75) is 13.0 Å². The van der Waals surface area contributed by atoms with Gasteiger partial charge in [-0.15, -0.1) is 24.0 Å². The Balaban J connectivity index is 0.00000243. The van der Waals surface area contributed by atoms with Gasteiger partial charge in [0.25, 0.3) is 0 Å². The third kappa shape index (κ3) is 6.77. The average molecular weight is 471 g/mol. The average Bonchev–Trinajstić information content (AvgIpc) is 3.19. The summed E-state index contributed by atoms with van der Waals surface area (Å²) < 4.78 is 5.36. The number of morpholine rings is 1. The summed E-state index contributed by atoms with van der Waals surface area (Å²) in [6, 6.07) is 8.53. The minimum atomic E-state index is 0. The molecule has 0 spiro atoms. The Morgan fingerprint density at radius 3 is 2.73 bits per heavy atom. The standard InChI is InChI=1S/C19H29N5O.HI/c20-19(21-7-4-8-23-11-13-25-14-12-23)22-16-17-5-3-6-18(15-17)24-9-1-2-10-24;/h1-3,5-6,15H,4,7-14,16H2,(H3,20,21,22);1H. The van der Waals surface area contributed by atoms with Gasteiger partial charge in [-0.1, -0.05) is 24.3 Å². The van der Waals surface area contributed by atoms with Crippen LogP contribution in [0.1, 0.15) is 12.0 Å². The first kappa shape index (κ1) is 21.0. The van der Waals surface area contributed by atoms with Gasteiger partial charge in [-0.05, 0) is 30.7 Å². The maximum absolute atomic E-state index is 5.99. The highest BCUT2D eigenvalue weighted by molar-refractivity contribution is 14.0. The number of halogens is 1. The van der Waals surface area contributed by atoms with E-state index in [9.17, 15) is 0 Å². The van der Waals surface area contributed by atoms with E-state index >= 15 is 0 Å². The molecular weight excluding hydrogens is 441 g/mol. The molecule has 1 aromatic carbocycles. The van der Waals surface area contributed by atoms with Crippen molar-refractivity contribution in [1.82, 2.24) is 10.2 Å². The second-order valence-corrected chi connectivity index (χ2v) is 6.48. The van der Waals surface area contributed by atoms with E-state index in [0.717, 1.165) is 58.9 Å². The van der Waals surface area contributed by atoms with Crippen LogP contribution in [0.5, 0.6) is 0 Å². The lowest BCUT2D eigenvalue weighted by Crippen LogP contribution is -2.39. The molecule has 144 valence electrons. The number of hydrogen-bond acceptors (Lipinski definition) is 4. The van der Waals surface area contributed by atoms with Crippen LogP contribution < -0.4 is 16.0 Å². The van der Waals surface area contributed by atoms with Gasteiger partial charge >= 0.3 is 0 Å². The molecule has 0 radical (unpaired) electrons. The largest absolute Gasteiger partial charge is 0.379 e. The quantitative estimate of drug-likeness (QED) is 0.209. The second-order valence-electron chi connectivity index (χ2n) is 6.48. The molecule has 0 unspecified atom stereocenters. The van der Waals surface area contributed by atoms with E-state index in [4.69, 9.17) is 10.5 Å². The van der Waals surface area contributed by atoms with Crippen LogP contribution in [-0.2, 0) is 11.3 Å². The number of anilines is 1. The van der Waals surface area contributed by atoms with Gasteiger partial charge in [0, 0.05) is 38.4 Å². The minimum absolute atomic E-state index is 0. The van der Waals surface area contributed by atoms with E-state index in [0.29, 0.717) is 12.5 Å². The van der Waals surface area contributed by atoms with Crippen LogP contribution >= 0.6 is 24.0 Å². The summed E-state index contributed by atoms with van der Waals surface area (Å²) >= 11 is 0. The molecule has 3 rings (SSSR count). The van der Waals surface area contributed by atoms with Crippen molar-refractivity contribution >= 4 is 35.6 Å². The summed E-state index contributed by atoms with van der Waals surface area (Å²) in [5.74, 6) is 0.523. The lowest BCUT2D eigenvalue weighted by molar-refractivity contribution is 0.0376. The molecule has 26 heavy (non-hydrogen) atoms. The molecule has 2 heterocycles. The molecule has 1 saturated heterocycles. The summed E-state index contributed by atoms with van der Waals surface area (Å²) in [5.41, 5.74) is 8.41. The SMILES string of the molecule is I.NC(=NCc1cccc(N2CC=CC2)c1)NCCCN1CCOCC1. The second kappa shape index (κ2) is 11.4. The number of aliphatic imine (C=N–C) groups is 1. The zero-order valence-corrected chi connectivity index (χ0v) is 17.6. The fourth-order valence-electron chi connectivity index (χ4n) is 3.12. The van der Waals surface area contributed by atoms with Crippen LogP contribution in [-0.4, -0.2) is 63.3 Å². The van der Waals surface area contributed by atoms with Crippen molar-refractivity contribution in [2.75, 3.05) is 57.4 Å². The molecule has 0 bridgehead atoms. The van der Waals surface area contributed by atoms with Gasteiger partial charge in [0.2, 0.25) is 0 Å². The molecular formula is C19H30IN5O.